The maximum absolute atomic E-state index is 11.2. The van der Waals surface area contributed by atoms with Gasteiger partial charge in [-0.25, -0.2) is 13.1 Å². The van der Waals surface area contributed by atoms with Crippen molar-refractivity contribution in [2.45, 2.75) is 5.16 Å². The Balaban J connectivity index is 3.09. The third kappa shape index (κ3) is 1.99. The average Bonchev–Trinajstić information content (AvgIpc) is 2.32. The minimum atomic E-state index is -3.92. The number of hydrogen-bond acceptors (Lipinski definition) is 6. The number of carboxylic acid groups (broad SMARTS) is 1. The van der Waals surface area contributed by atoms with Crippen LogP contribution in [0.2, 0.25) is 0 Å². The predicted octanol–water partition coefficient (Wildman–Crippen LogP) is -1.93. The maximum atomic E-state index is 11.2. The summed E-state index contributed by atoms with van der Waals surface area (Å²) in [5, 5.41) is 17.4. The number of aryl methyl sites for hydroxylation is 1. The van der Waals surface area contributed by atoms with Crippen LogP contribution in [0, 0.1) is 0 Å². The highest BCUT2D eigenvalue weighted by molar-refractivity contribution is 7.91. The van der Waals surface area contributed by atoms with E-state index in [0.29, 0.717) is 0 Å². The van der Waals surface area contributed by atoms with Gasteiger partial charge in [-0.3, -0.25) is 4.79 Å². The van der Waals surface area contributed by atoms with Gasteiger partial charge in [-0.1, -0.05) is 5.10 Å². The monoisotopic (exact) mass is 206 g/mol. The lowest BCUT2D eigenvalue weighted by Gasteiger charge is -1.96. The summed E-state index contributed by atoms with van der Waals surface area (Å²) < 4.78 is 23.3. The summed E-state index contributed by atoms with van der Waals surface area (Å²) in [4.78, 5) is 10.2. The molecule has 0 saturated heterocycles. The van der Waals surface area contributed by atoms with Gasteiger partial charge in [-0.2, -0.15) is 0 Å². The maximum Gasteiger partial charge on any atom is 0.319 e. The summed E-state index contributed by atoms with van der Waals surface area (Å²) in [7, 11) is -2.61. The van der Waals surface area contributed by atoms with Crippen LogP contribution in [-0.4, -0.2) is 45.5 Å². The van der Waals surface area contributed by atoms with Crippen molar-refractivity contribution in [1.82, 2.24) is 20.2 Å². The number of sulfone groups is 1. The van der Waals surface area contributed by atoms with E-state index in [9.17, 15) is 13.2 Å². The molecular formula is C4H6N4O4S. The number of tetrazole rings is 1. The largest absolute Gasteiger partial charge is 0.480 e. The summed E-state index contributed by atoms with van der Waals surface area (Å²) in [5.41, 5.74) is 0. The Morgan fingerprint density at radius 1 is 1.62 bits per heavy atom. The van der Waals surface area contributed by atoms with Crippen LogP contribution in [0.1, 0.15) is 0 Å². The van der Waals surface area contributed by atoms with E-state index in [4.69, 9.17) is 5.11 Å². The van der Waals surface area contributed by atoms with Crippen molar-refractivity contribution < 1.29 is 18.3 Å². The van der Waals surface area contributed by atoms with Gasteiger partial charge < -0.3 is 5.11 Å². The molecule has 1 N–H and O–H groups in total. The number of aromatic nitrogens is 4. The van der Waals surface area contributed by atoms with Crippen LogP contribution in [0.4, 0.5) is 0 Å². The van der Waals surface area contributed by atoms with Gasteiger partial charge in [0.2, 0.25) is 9.84 Å². The van der Waals surface area contributed by atoms with Gasteiger partial charge in [0.15, 0.2) is 5.75 Å². The lowest BCUT2D eigenvalue weighted by molar-refractivity contribution is -0.134. The molecule has 72 valence electrons. The lowest BCUT2D eigenvalue weighted by Crippen LogP contribution is -2.19. The molecule has 0 spiro atoms. The number of rotatable bonds is 3. The van der Waals surface area contributed by atoms with Crippen LogP contribution in [0.3, 0.4) is 0 Å². The van der Waals surface area contributed by atoms with E-state index in [0.717, 1.165) is 4.68 Å². The summed E-state index contributed by atoms with van der Waals surface area (Å²) in [5.74, 6) is -2.45. The number of hydrogen-bond donors (Lipinski definition) is 1. The molecule has 13 heavy (non-hydrogen) atoms. The van der Waals surface area contributed by atoms with Crippen LogP contribution < -0.4 is 0 Å². The van der Waals surface area contributed by atoms with Crippen LogP contribution in [0.15, 0.2) is 5.16 Å². The fourth-order valence-corrected chi connectivity index (χ4v) is 1.77. The molecule has 0 aliphatic carbocycles. The minimum Gasteiger partial charge on any atom is -0.480 e. The van der Waals surface area contributed by atoms with Crippen molar-refractivity contribution in [2.24, 2.45) is 7.05 Å². The van der Waals surface area contributed by atoms with Gasteiger partial charge in [0.1, 0.15) is 0 Å². The van der Waals surface area contributed by atoms with Crippen LogP contribution in [0.5, 0.6) is 0 Å². The quantitative estimate of drug-likeness (QED) is 0.612. The third-order valence-corrected chi connectivity index (χ3v) is 2.70. The summed E-state index contributed by atoms with van der Waals surface area (Å²) in [6, 6.07) is 0. The number of aliphatic carboxylic acids is 1. The van der Waals surface area contributed by atoms with Crippen molar-refractivity contribution in [3.63, 3.8) is 0 Å². The first-order chi connectivity index (χ1) is 5.93. The fourth-order valence-electron chi connectivity index (χ4n) is 0.712. The molecule has 0 unspecified atom stereocenters. The highest BCUT2D eigenvalue weighted by Gasteiger charge is 2.24. The number of carbonyl (C=O) groups is 1. The molecule has 1 aromatic rings. The molecular weight excluding hydrogens is 200 g/mol. The standard InChI is InChI=1S/C4H6N4O4S/c1-8-4(5-6-7-8)13(11,12)2-3(9)10/h2H2,1H3,(H,9,10). The molecule has 0 fully saturated rings. The molecule has 9 heteroatoms. The second-order valence-electron chi connectivity index (χ2n) is 2.24. The van der Waals surface area contributed by atoms with Crippen LogP contribution in [-0.2, 0) is 21.7 Å². The van der Waals surface area contributed by atoms with E-state index >= 15 is 0 Å². The Hall–Kier alpha value is -1.51. The van der Waals surface area contributed by atoms with Gasteiger partial charge in [-0.05, 0) is 10.4 Å². The number of nitrogens with zero attached hydrogens (tertiary/aromatic N) is 4. The Morgan fingerprint density at radius 2 is 2.23 bits per heavy atom. The first-order valence-corrected chi connectivity index (χ1v) is 4.75. The second-order valence-corrected chi connectivity index (χ2v) is 4.12. The topological polar surface area (TPSA) is 115 Å². The van der Waals surface area contributed by atoms with Crippen molar-refractivity contribution in [1.29, 1.82) is 0 Å². The minimum absolute atomic E-state index is 0.449. The molecule has 0 aromatic carbocycles. The Bertz CT molecular complexity index is 421. The highest BCUT2D eigenvalue weighted by Crippen LogP contribution is 2.03. The summed E-state index contributed by atoms with van der Waals surface area (Å²) >= 11 is 0. The van der Waals surface area contributed by atoms with Gasteiger partial charge >= 0.3 is 5.97 Å². The van der Waals surface area contributed by atoms with E-state index in [1.807, 2.05) is 0 Å². The molecule has 0 bridgehead atoms. The lowest BCUT2D eigenvalue weighted by atomic mass is 10.8. The van der Waals surface area contributed by atoms with Crippen molar-refractivity contribution in [3.05, 3.63) is 0 Å². The Labute approximate surface area is 73.1 Å². The molecule has 1 heterocycles. The van der Waals surface area contributed by atoms with Crippen molar-refractivity contribution >= 4 is 15.8 Å². The van der Waals surface area contributed by atoms with Gasteiger partial charge in [0, 0.05) is 7.05 Å². The van der Waals surface area contributed by atoms with Gasteiger partial charge in [0.25, 0.3) is 5.16 Å². The van der Waals surface area contributed by atoms with Gasteiger partial charge in [0.05, 0.1) is 0 Å². The average molecular weight is 206 g/mol. The van der Waals surface area contributed by atoms with Gasteiger partial charge in [-0.15, -0.1) is 0 Å². The van der Waals surface area contributed by atoms with E-state index in [2.05, 4.69) is 15.5 Å². The van der Waals surface area contributed by atoms with E-state index in [1.165, 1.54) is 7.05 Å². The second kappa shape index (κ2) is 3.09. The van der Waals surface area contributed by atoms with E-state index in [-0.39, 0.29) is 0 Å². The Morgan fingerprint density at radius 3 is 2.62 bits per heavy atom. The van der Waals surface area contributed by atoms with E-state index < -0.39 is 26.7 Å². The molecule has 0 aliphatic rings. The molecule has 0 aliphatic heterocycles. The van der Waals surface area contributed by atoms with E-state index in [1.54, 1.807) is 0 Å². The summed E-state index contributed by atoms with van der Waals surface area (Å²) in [6.07, 6.45) is 0. The zero-order valence-electron chi connectivity index (χ0n) is 6.58. The smallest absolute Gasteiger partial charge is 0.319 e. The zero-order chi connectivity index (χ0) is 10.1. The van der Waals surface area contributed by atoms with Crippen molar-refractivity contribution in [3.8, 4) is 0 Å². The normalized spacial score (nSPS) is 11.5. The summed E-state index contributed by atoms with van der Waals surface area (Å²) in [6.45, 7) is 0. The third-order valence-electron chi connectivity index (χ3n) is 1.17. The molecule has 8 nitrogen and oxygen atoms in total. The fraction of sp³-hybridized carbons (Fsp3) is 0.500. The molecule has 0 saturated carbocycles. The van der Waals surface area contributed by atoms with Crippen molar-refractivity contribution in [2.75, 3.05) is 5.75 Å². The highest BCUT2D eigenvalue weighted by atomic mass is 32.2. The molecule has 1 rings (SSSR count). The first-order valence-electron chi connectivity index (χ1n) is 3.10. The molecule has 0 atom stereocenters. The van der Waals surface area contributed by atoms with Crippen LogP contribution in [0.25, 0.3) is 0 Å². The van der Waals surface area contributed by atoms with Crippen LogP contribution >= 0.6 is 0 Å². The SMILES string of the molecule is Cn1nnnc1S(=O)(=O)CC(=O)O. The molecule has 0 amide bonds. The molecule has 0 radical (unpaired) electrons. The number of carboxylic acids is 1. The predicted molar refractivity (Wildman–Crippen MR) is 38.5 cm³/mol. The molecule has 1 aromatic heterocycles. The first kappa shape index (κ1) is 9.58. The zero-order valence-corrected chi connectivity index (χ0v) is 7.39. The Kier molecular flexibility index (Phi) is 2.28.